The molecule has 5 rings (SSSR count). The van der Waals surface area contributed by atoms with Gasteiger partial charge in [-0.15, -0.1) is 0 Å². The topological polar surface area (TPSA) is 45.8 Å². The molecule has 4 heteroatoms. The highest BCUT2D eigenvalue weighted by atomic mass is 32.2. The van der Waals surface area contributed by atoms with Gasteiger partial charge in [-0.2, -0.15) is 0 Å². The molecule has 0 aliphatic carbocycles. The number of hydrogen-bond acceptors (Lipinski definition) is 2. The second kappa shape index (κ2) is 8.04. The highest BCUT2D eigenvalue weighted by Crippen LogP contribution is 2.41. The molecule has 0 fully saturated rings. The monoisotopic (exact) mass is 412 g/mol. The van der Waals surface area contributed by atoms with Crippen molar-refractivity contribution in [1.29, 1.82) is 0 Å². The van der Waals surface area contributed by atoms with Crippen LogP contribution in [0.5, 0.6) is 0 Å². The van der Waals surface area contributed by atoms with Gasteiger partial charge in [0.15, 0.2) is 0 Å². The van der Waals surface area contributed by atoms with Gasteiger partial charge in [-0.3, -0.25) is 9.19 Å². The summed E-state index contributed by atoms with van der Waals surface area (Å²) in [6.45, 7) is 2.22. The lowest BCUT2D eigenvalue weighted by Crippen LogP contribution is -1.91. The molecule has 0 spiro atoms. The zero-order valence-electron chi connectivity index (χ0n) is 17.0. The predicted molar refractivity (Wildman–Crippen MR) is 124 cm³/mol. The van der Waals surface area contributed by atoms with E-state index >= 15 is 0 Å². The first-order chi connectivity index (χ1) is 14.8. The van der Waals surface area contributed by atoms with Crippen molar-refractivity contribution >= 4 is 10.8 Å². The summed E-state index contributed by atoms with van der Waals surface area (Å²) < 4.78 is 12.2. The van der Waals surface area contributed by atoms with E-state index in [1.807, 2.05) is 18.5 Å². The van der Waals surface area contributed by atoms with Gasteiger partial charge in [-0.25, -0.2) is 0 Å². The summed E-state index contributed by atoms with van der Waals surface area (Å²) in [4.78, 5) is 8.99. The maximum Gasteiger partial charge on any atom is 0.0541 e. The molecular formula is C26H24N2OS. The van der Waals surface area contributed by atoms with Crippen LogP contribution in [-0.4, -0.2) is 19.9 Å². The van der Waals surface area contributed by atoms with Crippen molar-refractivity contribution in [3.05, 3.63) is 84.2 Å². The fourth-order valence-electron chi connectivity index (χ4n) is 4.41. The van der Waals surface area contributed by atoms with E-state index in [-0.39, 0.29) is 0 Å². The largest absolute Gasteiger partial charge is 0.354 e. The van der Waals surface area contributed by atoms with E-state index in [1.54, 1.807) is 0 Å². The number of H-pyrrole nitrogens is 1. The molecule has 4 aromatic rings. The number of nitrogens with zero attached hydrogens (tertiary/aromatic N) is 1. The highest BCUT2D eigenvalue weighted by molar-refractivity contribution is 7.85. The first-order valence-electron chi connectivity index (χ1n) is 10.5. The Kier molecular flexibility index (Phi) is 5.09. The second-order valence-corrected chi connectivity index (χ2v) is 9.24. The number of benzene rings is 2. The number of hydrogen-bond donors (Lipinski definition) is 1. The zero-order chi connectivity index (χ0) is 20.5. The van der Waals surface area contributed by atoms with Gasteiger partial charge in [0.25, 0.3) is 0 Å². The van der Waals surface area contributed by atoms with Crippen molar-refractivity contribution in [3.63, 3.8) is 0 Å². The molecule has 2 aromatic heterocycles. The summed E-state index contributed by atoms with van der Waals surface area (Å²) in [5, 5.41) is 0. The van der Waals surface area contributed by atoms with Crippen LogP contribution < -0.4 is 0 Å². The summed E-state index contributed by atoms with van der Waals surface area (Å²) in [5.41, 5.74) is 9.65. The Hall–Kier alpha value is -2.98. The molecule has 1 atom stereocenters. The molecule has 30 heavy (non-hydrogen) atoms. The van der Waals surface area contributed by atoms with E-state index in [1.165, 1.54) is 39.1 Å². The number of pyridine rings is 1. The van der Waals surface area contributed by atoms with Gasteiger partial charge in [0, 0.05) is 34.3 Å². The third kappa shape index (κ3) is 3.31. The molecule has 3 nitrogen and oxygen atoms in total. The van der Waals surface area contributed by atoms with Crippen LogP contribution >= 0.6 is 0 Å². The molecule has 1 aliphatic heterocycles. The zero-order valence-corrected chi connectivity index (χ0v) is 17.8. The van der Waals surface area contributed by atoms with Gasteiger partial charge in [-0.05, 0) is 64.9 Å². The number of aromatic amines is 1. The lowest BCUT2D eigenvalue weighted by molar-refractivity contribution is 0.685. The first-order valence-corrected chi connectivity index (χ1v) is 11.8. The molecule has 0 bridgehead atoms. The molecule has 0 saturated carbocycles. The van der Waals surface area contributed by atoms with Crippen LogP contribution in [0.25, 0.3) is 33.6 Å². The minimum atomic E-state index is -0.847. The molecule has 2 aromatic carbocycles. The minimum absolute atomic E-state index is 0.739. The van der Waals surface area contributed by atoms with Crippen molar-refractivity contribution < 1.29 is 4.21 Å². The standard InChI is InChI=1S/C26H24N2OS/c1-2-6-22-24(18-11-14-27-15-12-18)26(19-7-4-3-5-8-19)28-25(22)21-9-10-23-20(17-21)13-16-30(23)29/h3-5,7-12,14-15,17,28H,2,6,13,16H2,1H3. The summed E-state index contributed by atoms with van der Waals surface area (Å²) in [6, 6.07) is 21.1. The second-order valence-electron chi connectivity index (χ2n) is 7.70. The molecule has 150 valence electrons. The average Bonchev–Trinajstić information content (AvgIpc) is 3.36. The van der Waals surface area contributed by atoms with E-state index in [4.69, 9.17) is 0 Å². The Morgan fingerprint density at radius 1 is 0.933 bits per heavy atom. The van der Waals surface area contributed by atoms with Gasteiger partial charge in [0.2, 0.25) is 0 Å². The molecule has 1 aliphatic rings. The Bertz CT molecular complexity index is 1210. The molecule has 0 amide bonds. The number of aromatic nitrogens is 2. The predicted octanol–water partition coefficient (Wildman–Crippen LogP) is 6.03. The number of fused-ring (bicyclic) bond motifs is 1. The molecular weight excluding hydrogens is 388 g/mol. The van der Waals surface area contributed by atoms with E-state index in [0.29, 0.717) is 0 Å². The van der Waals surface area contributed by atoms with E-state index in [9.17, 15) is 4.21 Å². The summed E-state index contributed by atoms with van der Waals surface area (Å²) >= 11 is 0. The van der Waals surface area contributed by atoms with Gasteiger partial charge in [0.1, 0.15) is 0 Å². The van der Waals surface area contributed by atoms with Crippen molar-refractivity contribution in [2.75, 3.05) is 5.75 Å². The molecule has 1 N–H and O–H groups in total. The summed E-state index contributed by atoms with van der Waals surface area (Å²) in [7, 11) is -0.847. The van der Waals surface area contributed by atoms with E-state index in [2.05, 4.69) is 71.5 Å². The molecule has 0 saturated heterocycles. The highest BCUT2D eigenvalue weighted by Gasteiger charge is 2.23. The maximum atomic E-state index is 12.2. The van der Waals surface area contributed by atoms with Crippen molar-refractivity contribution in [2.24, 2.45) is 0 Å². The van der Waals surface area contributed by atoms with Crippen LogP contribution in [0.15, 0.2) is 78.0 Å². The first kappa shape index (κ1) is 19.0. The third-order valence-corrected chi connectivity index (χ3v) is 7.25. The summed E-state index contributed by atoms with van der Waals surface area (Å²) in [5.74, 6) is 0.739. The fraction of sp³-hybridized carbons (Fsp3) is 0.192. The van der Waals surface area contributed by atoms with Gasteiger partial charge in [0.05, 0.1) is 16.5 Å². The lowest BCUT2D eigenvalue weighted by atomic mass is 9.93. The number of aryl methyl sites for hydroxylation is 1. The minimum Gasteiger partial charge on any atom is -0.354 e. The SMILES string of the molecule is CCCc1c(-c2ccc3c(c2)CCS3=O)[nH]c(-c2ccccc2)c1-c1ccncc1. The normalized spacial score (nSPS) is 15.3. The van der Waals surface area contributed by atoms with Crippen molar-refractivity contribution in [2.45, 2.75) is 31.1 Å². The summed E-state index contributed by atoms with van der Waals surface area (Å²) in [6.07, 6.45) is 6.66. The van der Waals surface area contributed by atoms with Crippen molar-refractivity contribution in [1.82, 2.24) is 9.97 Å². The van der Waals surface area contributed by atoms with Crippen molar-refractivity contribution in [3.8, 4) is 33.6 Å². The van der Waals surface area contributed by atoms with Crippen LogP contribution in [-0.2, 0) is 23.6 Å². The molecule has 0 radical (unpaired) electrons. The van der Waals surface area contributed by atoms with Crippen LogP contribution in [0.4, 0.5) is 0 Å². The van der Waals surface area contributed by atoms with Gasteiger partial charge < -0.3 is 4.98 Å². The third-order valence-electron chi connectivity index (χ3n) is 5.79. The van der Waals surface area contributed by atoms with Crippen LogP contribution in [0.1, 0.15) is 24.5 Å². The average molecular weight is 413 g/mol. The lowest BCUT2D eigenvalue weighted by Gasteiger charge is -2.09. The Morgan fingerprint density at radius 3 is 2.50 bits per heavy atom. The smallest absolute Gasteiger partial charge is 0.0541 e. The Labute approximate surface area is 179 Å². The van der Waals surface area contributed by atoms with E-state index < -0.39 is 10.8 Å². The van der Waals surface area contributed by atoms with Crippen LogP contribution in [0.2, 0.25) is 0 Å². The maximum absolute atomic E-state index is 12.2. The Balaban J connectivity index is 1.76. The van der Waals surface area contributed by atoms with Crippen LogP contribution in [0, 0.1) is 0 Å². The quantitative estimate of drug-likeness (QED) is 0.435. The number of nitrogens with one attached hydrogen (secondary N) is 1. The van der Waals surface area contributed by atoms with Crippen LogP contribution in [0.3, 0.4) is 0 Å². The van der Waals surface area contributed by atoms with Gasteiger partial charge in [-0.1, -0.05) is 49.7 Å². The molecule has 3 heterocycles. The van der Waals surface area contributed by atoms with Gasteiger partial charge >= 0.3 is 0 Å². The fourth-order valence-corrected chi connectivity index (χ4v) is 5.71. The number of rotatable bonds is 5. The Morgan fingerprint density at radius 2 is 1.73 bits per heavy atom. The molecule has 1 unspecified atom stereocenters. The van der Waals surface area contributed by atoms with E-state index in [0.717, 1.165) is 35.6 Å².